The lowest BCUT2D eigenvalue weighted by molar-refractivity contribution is 0.0976. The standard InChI is InChI=1S/C22H20N4O4S/c23-14-18(21-24-19-7-3-2-6-17(19)22(28)25-21)20(27)15-8-10-16(11-9-15)31(29,30)26-12-4-1-5-13-26/h2-3,6-11,18H,1,4-5,12-13H2,(H,24,25,28)/t18-/m1/s1. The number of carbonyl (C=O) groups excluding carboxylic acids is 1. The van der Waals surface area contributed by atoms with Crippen LogP contribution < -0.4 is 5.56 Å². The quantitative estimate of drug-likeness (QED) is 0.613. The molecule has 8 nitrogen and oxygen atoms in total. The zero-order valence-corrected chi connectivity index (χ0v) is 17.4. The lowest BCUT2D eigenvalue weighted by atomic mass is 9.98. The molecule has 9 heteroatoms. The number of nitriles is 1. The summed E-state index contributed by atoms with van der Waals surface area (Å²) in [5, 5.41) is 9.96. The molecule has 1 fully saturated rings. The third-order valence-corrected chi connectivity index (χ3v) is 7.30. The largest absolute Gasteiger partial charge is 0.308 e. The van der Waals surface area contributed by atoms with Crippen LogP contribution in [-0.2, 0) is 10.0 Å². The maximum absolute atomic E-state index is 12.9. The molecule has 3 aromatic rings. The van der Waals surface area contributed by atoms with Crippen LogP contribution in [0.3, 0.4) is 0 Å². The Hall–Kier alpha value is -3.35. The summed E-state index contributed by atoms with van der Waals surface area (Å²) in [7, 11) is -3.62. The molecule has 2 aromatic carbocycles. The second-order valence-corrected chi connectivity index (χ2v) is 9.32. The fourth-order valence-electron chi connectivity index (χ4n) is 3.70. The van der Waals surface area contributed by atoms with Gasteiger partial charge in [0, 0.05) is 18.7 Å². The minimum Gasteiger partial charge on any atom is -0.308 e. The van der Waals surface area contributed by atoms with Gasteiger partial charge < -0.3 is 4.98 Å². The first kappa shape index (κ1) is 20.9. The molecule has 1 aromatic heterocycles. The molecule has 0 aliphatic carbocycles. The third-order valence-electron chi connectivity index (χ3n) is 5.39. The van der Waals surface area contributed by atoms with Gasteiger partial charge in [0.25, 0.3) is 5.56 Å². The number of hydrogen-bond acceptors (Lipinski definition) is 6. The minimum atomic E-state index is -3.62. The predicted molar refractivity (Wildman–Crippen MR) is 114 cm³/mol. The van der Waals surface area contributed by atoms with E-state index in [1.54, 1.807) is 24.3 Å². The Morgan fingerprint density at radius 3 is 2.42 bits per heavy atom. The molecule has 0 spiro atoms. The Balaban J connectivity index is 1.63. The van der Waals surface area contributed by atoms with Gasteiger partial charge in [0.1, 0.15) is 5.82 Å². The molecule has 0 saturated carbocycles. The number of fused-ring (bicyclic) bond motifs is 1. The van der Waals surface area contributed by atoms with Gasteiger partial charge in [0.2, 0.25) is 10.0 Å². The topological polar surface area (TPSA) is 124 Å². The van der Waals surface area contributed by atoms with Crippen LogP contribution in [0.25, 0.3) is 10.9 Å². The van der Waals surface area contributed by atoms with Crippen LogP contribution in [-0.4, -0.2) is 41.6 Å². The second-order valence-electron chi connectivity index (χ2n) is 7.38. The lowest BCUT2D eigenvalue weighted by Crippen LogP contribution is -2.35. The lowest BCUT2D eigenvalue weighted by Gasteiger charge is -2.25. The molecule has 1 saturated heterocycles. The van der Waals surface area contributed by atoms with Crippen LogP contribution in [0, 0.1) is 11.3 Å². The Morgan fingerprint density at radius 1 is 1.06 bits per heavy atom. The van der Waals surface area contributed by atoms with Gasteiger partial charge in [-0.1, -0.05) is 30.7 Å². The van der Waals surface area contributed by atoms with Gasteiger partial charge in [-0.25, -0.2) is 13.4 Å². The van der Waals surface area contributed by atoms with Crippen molar-refractivity contribution in [3.63, 3.8) is 0 Å². The number of benzene rings is 2. The number of nitrogens with zero attached hydrogens (tertiary/aromatic N) is 3. The summed E-state index contributed by atoms with van der Waals surface area (Å²) in [5.74, 6) is -1.93. The number of H-pyrrole nitrogens is 1. The highest BCUT2D eigenvalue weighted by molar-refractivity contribution is 7.89. The van der Waals surface area contributed by atoms with Crippen molar-refractivity contribution < 1.29 is 13.2 Å². The van der Waals surface area contributed by atoms with E-state index < -0.39 is 27.3 Å². The summed E-state index contributed by atoms with van der Waals surface area (Å²) < 4.78 is 27.0. The first-order valence-electron chi connectivity index (χ1n) is 9.95. The summed E-state index contributed by atoms with van der Waals surface area (Å²) in [6.07, 6.45) is 2.67. The first-order chi connectivity index (χ1) is 14.9. The number of para-hydroxylation sites is 1. The van der Waals surface area contributed by atoms with E-state index >= 15 is 0 Å². The van der Waals surface area contributed by atoms with E-state index in [0.717, 1.165) is 19.3 Å². The molecule has 0 amide bonds. The van der Waals surface area contributed by atoms with E-state index in [1.165, 1.54) is 28.6 Å². The van der Waals surface area contributed by atoms with Crippen molar-refractivity contribution >= 4 is 26.7 Å². The molecular weight excluding hydrogens is 416 g/mol. The maximum atomic E-state index is 12.9. The SMILES string of the molecule is N#C[C@H](C(=O)c1ccc(S(=O)(=O)N2CCCCC2)cc1)c1nc2ccccc2c(=O)[nH]1. The van der Waals surface area contributed by atoms with E-state index in [1.807, 2.05) is 6.07 Å². The normalized spacial score (nSPS) is 16.0. The molecular formula is C22H20N4O4S. The number of rotatable bonds is 5. The first-order valence-corrected chi connectivity index (χ1v) is 11.4. The summed E-state index contributed by atoms with van der Waals surface area (Å²) in [6, 6.07) is 14.1. The van der Waals surface area contributed by atoms with Crippen LogP contribution in [0.1, 0.15) is 41.4 Å². The highest BCUT2D eigenvalue weighted by atomic mass is 32.2. The number of aromatic nitrogens is 2. The fourth-order valence-corrected chi connectivity index (χ4v) is 5.21. The Labute approximate surface area is 179 Å². The van der Waals surface area contributed by atoms with Crippen molar-refractivity contribution in [3.8, 4) is 6.07 Å². The van der Waals surface area contributed by atoms with E-state index in [-0.39, 0.29) is 16.3 Å². The van der Waals surface area contributed by atoms with Gasteiger partial charge in [0.05, 0.1) is 21.9 Å². The van der Waals surface area contributed by atoms with E-state index in [2.05, 4.69) is 9.97 Å². The van der Waals surface area contributed by atoms with E-state index in [9.17, 15) is 23.3 Å². The summed E-state index contributed by atoms with van der Waals surface area (Å²) >= 11 is 0. The monoisotopic (exact) mass is 436 g/mol. The van der Waals surface area contributed by atoms with Crippen molar-refractivity contribution in [1.82, 2.24) is 14.3 Å². The number of ketones is 1. The number of piperidine rings is 1. The number of carbonyl (C=O) groups is 1. The number of aromatic amines is 1. The predicted octanol–water partition coefficient (Wildman–Crippen LogP) is 2.59. The molecule has 0 unspecified atom stereocenters. The van der Waals surface area contributed by atoms with Crippen LogP contribution in [0.2, 0.25) is 0 Å². The Morgan fingerprint density at radius 2 is 1.74 bits per heavy atom. The molecule has 2 heterocycles. The van der Waals surface area contributed by atoms with E-state index in [0.29, 0.717) is 24.0 Å². The van der Waals surface area contributed by atoms with Crippen molar-refractivity contribution in [2.75, 3.05) is 13.1 Å². The maximum Gasteiger partial charge on any atom is 0.258 e. The second kappa shape index (κ2) is 8.41. The molecule has 158 valence electrons. The fraction of sp³-hybridized carbons (Fsp3) is 0.273. The van der Waals surface area contributed by atoms with Crippen molar-refractivity contribution in [2.24, 2.45) is 0 Å². The number of hydrogen-bond donors (Lipinski definition) is 1. The average Bonchev–Trinajstić information content (AvgIpc) is 2.80. The van der Waals surface area contributed by atoms with Crippen molar-refractivity contribution in [3.05, 3.63) is 70.3 Å². The van der Waals surface area contributed by atoms with E-state index in [4.69, 9.17) is 0 Å². The van der Waals surface area contributed by atoms with Crippen molar-refractivity contribution in [2.45, 2.75) is 30.1 Å². The van der Waals surface area contributed by atoms with Crippen molar-refractivity contribution in [1.29, 1.82) is 5.26 Å². The zero-order valence-electron chi connectivity index (χ0n) is 16.6. The minimum absolute atomic E-state index is 0.0405. The van der Waals surface area contributed by atoms with Crippen LogP contribution in [0.5, 0.6) is 0 Å². The highest BCUT2D eigenvalue weighted by Gasteiger charge is 2.28. The zero-order chi connectivity index (χ0) is 22.0. The molecule has 4 rings (SSSR count). The summed E-state index contributed by atoms with van der Waals surface area (Å²) in [5.41, 5.74) is 0.119. The van der Waals surface area contributed by atoms with Crippen LogP contribution >= 0.6 is 0 Å². The Bertz CT molecular complexity index is 1330. The summed E-state index contributed by atoms with van der Waals surface area (Å²) in [4.78, 5) is 32.1. The Kier molecular flexibility index (Phi) is 5.67. The molecule has 31 heavy (non-hydrogen) atoms. The number of Topliss-reactive ketones (excluding diaryl/α,β-unsaturated/α-hetero) is 1. The molecule has 0 bridgehead atoms. The van der Waals surface area contributed by atoms with Gasteiger partial charge in [-0.3, -0.25) is 9.59 Å². The molecule has 1 atom stereocenters. The number of nitrogens with one attached hydrogen (secondary N) is 1. The number of sulfonamides is 1. The van der Waals surface area contributed by atoms with Gasteiger partial charge >= 0.3 is 0 Å². The van der Waals surface area contributed by atoms with Crippen LogP contribution in [0.4, 0.5) is 0 Å². The van der Waals surface area contributed by atoms with Crippen LogP contribution in [0.15, 0.2) is 58.2 Å². The van der Waals surface area contributed by atoms with Gasteiger partial charge in [-0.05, 0) is 37.1 Å². The summed E-state index contributed by atoms with van der Waals surface area (Å²) in [6.45, 7) is 0.973. The average molecular weight is 436 g/mol. The highest BCUT2D eigenvalue weighted by Crippen LogP contribution is 2.23. The van der Waals surface area contributed by atoms with Gasteiger partial charge in [-0.15, -0.1) is 0 Å². The molecule has 1 N–H and O–H groups in total. The third kappa shape index (κ3) is 4.00. The molecule has 0 radical (unpaired) electrons. The van der Waals surface area contributed by atoms with Gasteiger partial charge in [-0.2, -0.15) is 9.57 Å². The van der Waals surface area contributed by atoms with Gasteiger partial charge in [0.15, 0.2) is 11.7 Å². The smallest absolute Gasteiger partial charge is 0.258 e. The molecule has 1 aliphatic heterocycles. The molecule has 1 aliphatic rings.